The van der Waals surface area contributed by atoms with E-state index in [0.29, 0.717) is 0 Å². The van der Waals surface area contributed by atoms with E-state index in [0.717, 1.165) is 12.1 Å². The zero-order chi connectivity index (χ0) is 10.7. The summed E-state index contributed by atoms with van der Waals surface area (Å²) in [4.78, 5) is 12.5. The average Bonchev–Trinajstić information content (AvgIpc) is 2.16. The summed E-state index contributed by atoms with van der Waals surface area (Å²) in [6.07, 6.45) is -2.93. The van der Waals surface area contributed by atoms with Gasteiger partial charge in [0.05, 0.1) is 6.61 Å². The summed E-state index contributed by atoms with van der Waals surface area (Å²) in [5.41, 5.74) is -0.854. The number of nitro groups is 1. The molecule has 1 rings (SSSR count). The summed E-state index contributed by atoms with van der Waals surface area (Å²) in [5, 5.41) is 18.9. The smallest absolute Gasteiger partial charge is 0.363 e. The molecular formula is C7H6F2N2O3. The molecule has 0 saturated heterocycles. The molecule has 0 aromatic carbocycles. The van der Waals surface area contributed by atoms with Crippen LogP contribution in [0, 0.1) is 10.1 Å². The number of hydrogen-bond acceptors (Lipinski definition) is 4. The first-order chi connectivity index (χ1) is 6.56. The van der Waals surface area contributed by atoms with Crippen LogP contribution in [-0.2, 0) is 6.61 Å². The Morgan fingerprint density at radius 3 is 2.64 bits per heavy atom. The van der Waals surface area contributed by atoms with Gasteiger partial charge in [-0.1, -0.05) is 0 Å². The lowest BCUT2D eigenvalue weighted by molar-refractivity contribution is -0.389. The first-order valence-corrected chi connectivity index (χ1v) is 3.59. The Hall–Kier alpha value is -1.63. The van der Waals surface area contributed by atoms with E-state index in [1.54, 1.807) is 0 Å². The van der Waals surface area contributed by atoms with E-state index in [1.807, 2.05) is 0 Å². The molecule has 1 N–H and O–H groups in total. The van der Waals surface area contributed by atoms with Gasteiger partial charge in [0, 0.05) is 11.6 Å². The highest BCUT2D eigenvalue weighted by molar-refractivity contribution is 5.29. The molecule has 0 bridgehead atoms. The number of aromatic nitrogens is 1. The molecule has 0 atom stereocenters. The Kier molecular flexibility index (Phi) is 3.03. The number of alkyl halides is 2. The predicted octanol–water partition coefficient (Wildman–Crippen LogP) is 1.42. The van der Waals surface area contributed by atoms with Crippen LogP contribution in [0.1, 0.15) is 17.7 Å². The van der Waals surface area contributed by atoms with E-state index in [-0.39, 0.29) is 5.56 Å². The highest BCUT2D eigenvalue weighted by Gasteiger charge is 2.22. The molecule has 7 heteroatoms. The average molecular weight is 204 g/mol. The van der Waals surface area contributed by atoms with Crippen molar-refractivity contribution in [2.75, 3.05) is 0 Å². The Labute approximate surface area is 77.2 Å². The van der Waals surface area contributed by atoms with Crippen LogP contribution < -0.4 is 0 Å². The third-order valence-corrected chi connectivity index (χ3v) is 1.56. The van der Waals surface area contributed by atoms with Crippen molar-refractivity contribution in [1.29, 1.82) is 0 Å². The number of aliphatic hydroxyl groups excluding tert-OH is 1. The highest BCUT2D eigenvalue weighted by Crippen LogP contribution is 2.23. The molecule has 5 nitrogen and oxygen atoms in total. The number of aliphatic hydroxyl groups is 1. The zero-order valence-corrected chi connectivity index (χ0v) is 6.85. The van der Waals surface area contributed by atoms with Crippen LogP contribution in [0.25, 0.3) is 0 Å². The number of nitrogens with zero attached hydrogens (tertiary/aromatic N) is 2. The van der Waals surface area contributed by atoms with Gasteiger partial charge in [0.2, 0.25) is 5.69 Å². The summed E-state index contributed by atoms with van der Waals surface area (Å²) in [7, 11) is 0. The molecular weight excluding hydrogens is 198 g/mol. The number of halogens is 2. The lowest BCUT2D eigenvalue weighted by Gasteiger charge is -2.00. The van der Waals surface area contributed by atoms with E-state index >= 15 is 0 Å². The second kappa shape index (κ2) is 4.05. The highest BCUT2D eigenvalue weighted by atomic mass is 19.3. The van der Waals surface area contributed by atoms with Gasteiger partial charge in [0.1, 0.15) is 0 Å². The van der Waals surface area contributed by atoms with Gasteiger partial charge in [-0.3, -0.25) is 0 Å². The molecule has 76 valence electrons. The van der Waals surface area contributed by atoms with Crippen LogP contribution in [0.3, 0.4) is 0 Å². The summed E-state index contributed by atoms with van der Waals surface area (Å²) < 4.78 is 24.5. The van der Waals surface area contributed by atoms with Gasteiger partial charge in [0.15, 0.2) is 0 Å². The Morgan fingerprint density at radius 2 is 2.21 bits per heavy atom. The summed E-state index contributed by atoms with van der Waals surface area (Å²) in [6, 6.07) is 2.03. The molecule has 0 amide bonds. The number of pyridine rings is 1. The quantitative estimate of drug-likeness (QED) is 0.596. The van der Waals surface area contributed by atoms with Gasteiger partial charge in [-0.2, -0.15) is 0 Å². The summed E-state index contributed by atoms with van der Waals surface area (Å²) in [6.45, 7) is -0.620. The van der Waals surface area contributed by atoms with Gasteiger partial charge < -0.3 is 15.2 Å². The monoisotopic (exact) mass is 204 g/mol. The SMILES string of the molecule is O=[N+]([O-])c1ccc(CO)c(C(F)F)n1. The fourth-order valence-corrected chi connectivity index (χ4v) is 0.917. The molecule has 0 saturated carbocycles. The lowest BCUT2D eigenvalue weighted by Crippen LogP contribution is -2.02. The van der Waals surface area contributed by atoms with Crippen molar-refractivity contribution in [3.05, 3.63) is 33.5 Å². The third kappa shape index (κ3) is 1.99. The second-order valence-electron chi connectivity index (χ2n) is 2.43. The topological polar surface area (TPSA) is 76.3 Å². The molecule has 0 aliphatic rings. The van der Waals surface area contributed by atoms with Crippen LogP contribution in [0.15, 0.2) is 12.1 Å². The molecule has 0 fully saturated rings. The first kappa shape index (κ1) is 10.5. The summed E-state index contributed by atoms with van der Waals surface area (Å²) in [5.74, 6) is -0.655. The zero-order valence-electron chi connectivity index (χ0n) is 6.85. The molecule has 14 heavy (non-hydrogen) atoms. The maximum atomic E-state index is 12.3. The molecule has 0 spiro atoms. The minimum atomic E-state index is -2.93. The van der Waals surface area contributed by atoms with Gasteiger partial charge in [0.25, 0.3) is 0 Å². The van der Waals surface area contributed by atoms with Gasteiger partial charge >= 0.3 is 12.2 Å². The van der Waals surface area contributed by atoms with Crippen molar-refractivity contribution in [2.24, 2.45) is 0 Å². The molecule has 1 aromatic heterocycles. The van der Waals surface area contributed by atoms with Crippen molar-refractivity contribution in [2.45, 2.75) is 13.0 Å². The van der Waals surface area contributed by atoms with Gasteiger partial charge in [-0.15, -0.1) is 0 Å². The largest absolute Gasteiger partial charge is 0.392 e. The Morgan fingerprint density at radius 1 is 1.57 bits per heavy atom. The van der Waals surface area contributed by atoms with E-state index in [9.17, 15) is 18.9 Å². The molecule has 1 aromatic rings. The molecule has 0 radical (unpaired) electrons. The van der Waals surface area contributed by atoms with Crippen LogP contribution in [0.5, 0.6) is 0 Å². The van der Waals surface area contributed by atoms with Crippen molar-refractivity contribution in [3.8, 4) is 0 Å². The standard InChI is InChI=1S/C7H6F2N2O3/c8-7(9)6-4(3-12)1-2-5(10-6)11(13)14/h1-2,7,12H,3H2. The minimum Gasteiger partial charge on any atom is -0.392 e. The summed E-state index contributed by atoms with van der Waals surface area (Å²) >= 11 is 0. The van der Waals surface area contributed by atoms with Gasteiger partial charge in [-0.05, 0) is 16.0 Å². The Bertz CT molecular complexity index is 357. The Balaban J connectivity index is 3.20. The molecule has 0 unspecified atom stereocenters. The van der Waals surface area contributed by atoms with E-state index in [2.05, 4.69) is 4.98 Å². The number of rotatable bonds is 3. The number of hydrogen-bond donors (Lipinski definition) is 1. The maximum absolute atomic E-state index is 12.3. The lowest BCUT2D eigenvalue weighted by atomic mass is 10.2. The minimum absolute atomic E-state index is 0.106. The molecule has 0 aliphatic carbocycles. The van der Waals surface area contributed by atoms with Gasteiger partial charge in [-0.25, -0.2) is 8.78 Å². The van der Waals surface area contributed by atoms with Crippen molar-refractivity contribution < 1.29 is 18.8 Å². The third-order valence-electron chi connectivity index (χ3n) is 1.56. The van der Waals surface area contributed by atoms with E-state index in [1.165, 1.54) is 0 Å². The van der Waals surface area contributed by atoms with Crippen molar-refractivity contribution in [3.63, 3.8) is 0 Å². The van der Waals surface area contributed by atoms with Crippen LogP contribution in [0.2, 0.25) is 0 Å². The molecule has 1 heterocycles. The molecule has 0 aliphatic heterocycles. The van der Waals surface area contributed by atoms with E-state index < -0.39 is 29.5 Å². The second-order valence-corrected chi connectivity index (χ2v) is 2.43. The van der Waals surface area contributed by atoms with Crippen LogP contribution >= 0.6 is 0 Å². The maximum Gasteiger partial charge on any atom is 0.363 e. The fourth-order valence-electron chi connectivity index (χ4n) is 0.917. The van der Waals surface area contributed by atoms with Crippen molar-refractivity contribution in [1.82, 2.24) is 4.98 Å². The van der Waals surface area contributed by atoms with Crippen molar-refractivity contribution >= 4 is 5.82 Å². The normalized spacial score (nSPS) is 10.6. The fraction of sp³-hybridized carbons (Fsp3) is 0.286. The van der Waals surface area contributed by atoms with E-state index in [4.69, 9.17) is 5.11 Å². The predicted molar refractivity (Wildman–Crippen MR) is 41.8 cm³/mol. The van der Waals surface area contributed by atoms with Crippen LogP contribution in [-0.4, -0.2) is 15.0 Å². The first-order valence-electron chi connectivity index (χ1n) is 3.59. The van der Waals surface area contributed by atoms with Crippen LogP contribution in [0.4, 0.5) is 14.6 Å².